The number of rotatable bonds is 16. The average molecular weight is 587 g/mol. The van der Waals surface area contributed by atoms with Crippen LogP contribution in [0.15, 0.2) is 67.0 Å². The van der Waals surface area contributed by atoms with Gasteiger partial charge in [-0.3, -0.25) is 14.6 Å². The van der Waals surface area contributed by atoms with Gasteiger partial charge in [-0.25, -0.2) is 0 Å². The molecule has 4 rings (SSSR count). The van der Waals surface area contributed by atoms with Crippen LogP contribution in [-0.2, 0) is 16.0 Å². The number of allylic oxidation sites excluding steroid dienone is 2. The summed E-state index contributed by atoms with van der Waals surface area (Å²) in [4.78, 5) is 28.9. The fourth-order valence-electron chi connectivity index (χ4n) is 4.61. The van der Waals surface area contributed by atoms with Crippen molar-refractivity contribution in [1.82, 2.24) is 10.3 Å². The number of carbonyl (C=O) groups is 2. The van der Waals surface area contributed by atoms with Gasteiger partial charge in [0.15, 0.2) is 34.6 Å². The van der Waals surface area contributed by atoms with Gasteiger partial charge in [0, 0.05) is 12.2 Å². The lowest BCUT2D eigenvalue weighted by Gasteiger charge is -2.13. The number of aromatic nitrogens is 1. The molecule has 0 amide bonds. The van der Waals surface area contributed by atoms with Crippen molar-refractivity contribution in [1.29, 1.82) is 0 Å². The summed E-state index contributed by atoms with van der Waals surface area (Å²) in [7, 11) is 3.01. The number of nitrogens with one attached hydrogen (secondary N) is 1. The Hall–Kier alpha value is -4.63. The zero-order valence-electron chi connectivity index (χ0n) is 24.6. The molecule has 0 saturated carbocycles. The second-order valence-corrected chi connectivity index (χ2v) is 10.2. The third kappa shape index (κ3) is 10.0. The average Bonchev–Trinajstić information content (AvgIpc) is 3.55. The number of hydrogen-bond acceptors (Lipinski definition) is 9. The van der Waals surface area contributed by atoms with Gasteiger partial charge in [-0.15, -0.1) is 0 Å². The number of pyridine rings is 1. The highest BCUT2D eigenvalue weighted by Crippen LogP contribution is 2.29. The van der Waals surface area contributed by atoms with Crippen molar-refractivity contribution in [3.8, 4) is 28.7 Å². The molecule has 226 valence electrons. The molecule has 2 N–H and O–H groups in total. The molecule has 0 aliphatic carbocycles. The first-order chi connectivity index (χ1) is 20.9. The molecule has 1 aliphatic heterocycles. The molecule has 0 spiro atoms. The molecular weight excluding hydrogens is 548 g/mol. The second-order valence-electron chi connectivity index (χ2n) is 10.2. The fourth-order valence-corrected chi connectivity index (χ4v) is 4.61. The van der Waals surface area contributed by atoms with E-state index in [1.807, 2.05) is 18.3 Å². The van der Waals surface area contributed by atoms with Crippen LogP contribution >= 0.6 is 0 Å². The van der Waals surface area contributed by atoms with Gasteiger partial charge in [0.05, 0.1) is 33.4 Å². The first-order valence-electron chi connectivity index (χ1n) is 14.3. The summed E-state index contributed by atoms with van der Waals surface area (Å²) < 4.78 is 22.4. The summed E-state index contributed by atoms with van der Waals surface area (Å²) in [6.45, 7) is 2.20. The minimum absolute atomic E-state index is 0.00987. The van der Waals surface area contributed by atoms with Crippen LogP contribution in [0.25, 0.3) is 12.2 Å². The molecule has 9 heteroatoms. The number of ketones is 2. The van der Waals surface area contributed by atoms with Gasteiger partial charge >= 0.3 is 0 Å². The number of hydrogen-bond donors (Lipinski definition) is 2. The number of carbonyl (C=O) groups excluding carboxylic acids is 2. The molecule has 43 heavy (non-hydrogen) atoms. The van der Waals surface area contributed by atoms with E-state index >= 15 is 0 Å². The highest BCUT2D eigenvalue weighted by molar-refractivity contribution is 6.10. The standard InChI is InChI=1S/C34H38N2O7/c1-40-33-18-24(9-13-31(33)39)7-11-28(37)20-29(38)12-8-25-10-14-32(34(19-25)41-2)42-16-4-5-26-17-30(22-35-21-26)43-23-27-6-3-15-36-27/h7-14,17-19,21-22,27,36,39H,3-6,15-16,20,23H2,1-2H3/b11-7+,12-8+. The van der Waals surface area contributed by atoms with Crippen LogP contribution in [0.5, 0.6) is 28.7 Å². The van der Waals surface area contributed by atoms with Crippen LogP contribution in [-0.4, -0.2) is 61.7 Å². The van der Waals surface area contributed by atoms with Crippen molar-refractivity contribution in [3.05, 3.63) is 83.7 Å². The lowest BCUT2D eigenvalue weighted by Crippen LogP contribution is -2.28. The summed E-state index contributed by atoms with van der Waals surface area (Å²) in [6.07, 6.45) is 13.2. The van der Waals surface area contributed by atoms with Crippen molar-refractivity contribution in [2.24, 2.45) is 0 Å². The van der Waals surface area contributed by atoms with Crippen molar-refractivity contribution in [2.75, 3.05) is 34.0 Å². The van der Waals surface area contributed by atoms with E-state index in [1.165, 1.54) is 31.7 Å². The van der Waals surface area contributed by atoms with Gasteiger partial charge in [0.2, 0.25) is 0 Å². The zero-order valence-corrected chi connectivity index (χ0v) is 24.6. The number of phenols is 1. The first-order valence-corrected chi connectivity index (χ1v) is 14.3. The molecule has 1 fully saturated rings. The topological polar surface area (TPSA) is 116 Å². The first kappa shape index (κ1) is 31.3. The van der Waals surface area contributed by atoms with Crippen molar-refractivity contribution < 1.29 is 33.6 Å². The Balaban J connectivity index is 1.22. The Kier molecular flexibility index (Phi) is 11.7. The van der Waals surface area contributed by atoms with Gasteiger partial charge in [0.25, 0.3) is 0 Å². The summed E-state index contributed by atoms with van der Waals surface area (Å²) in [5.74, 6) is 1.60. The molecule has 1 saturated heterocycles. The molecular formula is C34H38N2O7. The summed E-state index contributed by atoms with van der Waals surface area (Å²) >= 11 is 0. The Labute approximate surface area is 252 Å². The fraction of sp³-hybridized carbons (Fsp3) is 0.324. The third-order valence-electron chi connectivity index (χ3n) is 6.91. The molecule has 3 aromatic rings. The summed E-state index contributed by atoms with van der Waals surface area (Å²) in [6, 6.07) is 12.6. The van der Waals surface area contributed by atoms with E-state index in [4.69, 9.17) is 18.9 Å². The van der Waals surface area contributed by atoms with E-state index in [9.17, 15) is 14.7 Å². The smallest absolute Gasteiger partial charge is 0.163 e. The maximum Gasteiger partial charge on any atom is 0.163 e. The quantitative estimate of drug-likeness (QED) is 0.133. The largest absolute Gasteiger partial charge is 0.504 e. The predicted octanol–water partition coefficient (Wildman–Crippen LogP) is 5.20. The molecule has 1 unspecified atom stereocenters. The van der Waals surface area contributed by atoms with Crippen LogP contribution in [0, 0.1) is 0 Å². The molecule has 2 heterocycles. The maximum absolute atomic E-state index is 12.3. The van der Waals surface area contributed by atoms with E-state index in [0.717, 1.165) is 42.7 Å². The molecule has 0 radical (unpaired) electrons. The van der Waals surface area contributed by atoms with Crippen molar-refractivity contribution >= 4 is 23.7 Å². The minimum Gasteiger partial charge on any atom is -0.504 e. The number of benzene rings is 2. The highest BCUT2D eigenvalue weighted by Gasteiger charge is 2.14. The number of methoxy groups -OCH3 is 2. The Morgan fingerprint density at radius 3 is 2.35 bits per heavy atom. The number of phenolic OH excluding ortho intramolecular Hbond substituents is 1. The van der Waals surface area contributed by atoms with Gasteiger partial charge in [-0.1, -0.05) is 24.3 Å². The predicted molar refractivity (Wildman–Crippen MR) is 165 cm³/mol. The molecule has 0 bridgehead atoms. The highest BCUT2D eigenvalue weighted by atomic mass is 16.5. The monoisotopic (exact) mass is 586 g/mol. The number of ether oxygens (including phenoxy) is 4. The SMILES string of the molecule is COc1cc(/C=C/C(=O)CC(=O)/C=C/c2ccc(OCCCc3cncc(OCC4CCCN4)c3)c(OC)c2)ccc1O. The normalized spacial score (nSPS) is 14.7. The second kappa shape index (κ2) is 16.1. The summed E-state index contributed by atoms with van der Waals surface area (Å²) in [5.41, 5.74) is 2.50. The van der Waals surface area contributed by atoms with Crippen LogP contribution in [0.2, 0.25) is 0 Å². The van der Waals surface area contributed by atoms with Crippen LogP contribution in [0.3, 0.4) is 0 Å². The number of aromatic hydroxyl groups is 1. The van der Waals surface area contributed by atoms with E-state index in [-0.39, 0.29) is 23.7 Å². The van der Waals surface area contributed by atoms with Crippen molar-refractivity contribution in [2.45, 2.75) is 38.1 Å². The molecule has 2 aromatic carbocycles. The number of aryl methyl sites for hydroxylation is 1. The van der Waals surface area contributed by atoms with Crippen LogP contribution < -0.4 is 24.3 Å². The molecule has 9 nitrogen and oxygen atoms in total. The Morgan fingerprint density at radius 1 is 0.930 bits per heavy atom. The van der Waals surface area contributed by atoms with E-state index in [1.54, 1.807) is 49.7 Å². The molecule has 1 aromatic heterocycles. The van der Waals surface area contributed by atoms with E-state index in [2.05, 4.69) is 10.3 Å². The van der Waals surface area contributed by atoms with Gasteiger partial charge in [-0.2, -0.15) is 0 Å². The minimum atomic E-state index is -0.334. The summed E-state index contributed by atoms with van der Waals surface area (Å²) in [5, 5.41) is 13.1. The van der Waals surface area contributed by atoms with Crippen LogP contribution in [0.1, 0.15) is 42.4 Å². The molecule has 1 atom stereocenters. The van der Waals surface area contributed by atoms with Gasteiger partial charge < -0.3 is 29.4 Å². The lowest BCUT2D eigenvalue weighted by atomic mass is 10.1. The number of nitrogens with zero attached hydrogens (tertiary/aromatic N) is 1. The van der Waals surface area contributed by atoms with Crippen LogP contribution in [0.4, 0.5) is 0 Å². The van der Waals surface area contributed by atoms with E-state index < -0.39 is 0 Å². The zero-order chi connectivity index (χ0) is 30.4. The lowest BCUT2D eigenvalue weighted by molar-refractivity contribution is -0.121. The third-order valence-corrected chi connectivity index (χ3v) is 6.91. The Morgan fingerprint density at radius 2 is 1.65 bits per heavy atom. The van der Waals surface area contributed by atoms with Gasteiger partial charge in [-0.05, 0) is 91.4 Å². The Bertz CT molecular complexity index is 1440. The van der Waals surface area contributed by atoms with E-state index in [0.29, 0.717) is 42.1 Å². The maximum atomic E-state index is 12.3. The van der Waals surface area contributed by atoms with Gasteiger partial charge in [0.1, 0.15) is 12.4 Å². The van der Waals surface area contributed by atoms with Crippen molar-refractivity contribution in [3.63, 3.8) is 0 Å². The molecule has 1 aliphatic rings.